The van der Waals surface area contributed by atoms with Crippen LogP contribution in [-0.4, -0.2) is 43.0 Å². The van der Waals surface area contributed by atoms with E-state index >= 15 is 0 Å². The number of halogens is 2. The molecule has 1 unspecified atom stereocenters. The molecular weight excluding hydrogens is 387 g/mol. The largest absolute Gasteiger partial charge is 0.367 e. The minimum Gasteiger partial charge on any atom is -0.367 e. The van der Waals surface area contributed by atoms with Crippen LogP contribution in [0.5, 0.6) is 0 Å². The topological polar surface area (TPSA) is 58.6 Å². The first kappa shape index (κ1) is 18.4. The summed E-state index contributed by atoms with van der Waals surface area (Å²) in [4.78, 5) is 27.0. The van der Waals surface area contributed by atoms with Gasteiger partial charge < -0.3 is 10.1 Å². The van der Waals surface area contributed by atoms with Crippen molar-refractivity contribution in [1.29, 1.82) is 0 Å². The van der Waals surface area contributed by atoms with E-state index in [0.29, 0.717) is 34.3 Å². The lowest BCUT2D eigenvalue weighted by atomic mass is 9.92. The quantitative estimate of drug-likeness (QED) is 0.795. The molecule has 2 aromatic carbocycles. The van der Waals surface area contributed by atoms with Crippen LogP contribution in [0.2, 0.25) is 10.0 Å². The number of carbonyl (C=O) groups is 2. The fraction of sp³-hybridized carbons (Fsp3) is 0.300. The van der Waals surface area contributed by atoms with Gasteiger partial charge in [0.05, 0.1) is 27.7 Å². The molecule has 0 aliphatic carbocycles. The van der Waals surface area contributed by atoms with Crippen LogP contribution in [0.25, 0.3) is 0 Å². The molecule has 0 aromatic heterocycles. The molecule has 0 bridgehead atoms. The van der Waals surface area contributed by atoms with Gasteiger partial charge in [-0.2, -0.15) is 0 Å². The minimum absolute atomic E-state index is 0.101. The van der Waals surface area contributed by atoms with Gasteiger partial charge in [0.25, 0.3) is 11.8 Å². The van der Waals surface area contributed by atoms with E-state index in [-0.39, 0.29) is 18.4 Å². The summed E-state index contributed by atoms with van der Waals surface area (Å²) in [5.74, 6) is -0.606. The summed E-state index contributed by atoms with van der Waals surface area (Å²) >= 11 is 12.3. The Morgan fingerprint density at radius 2 is 1.74 bits per heavy atom. The SMILES string of the molecule is O=C1c2ccccc2C(=O)N1CC1(c2ccc(Cl)c(Cl)c2)CNCCCO1. The van der Waals surface area contributed by atoms with E-state index in [1.807, 2.05) is 6.07 Å². The maximum absolute atomic E-state index is 12.8. The Morgan fingerprint density at radius 1 is 1.04 bits per heavy atom. The molecule has 1 saturated heterocycles. The second kappa shape index (κ2) is 7.24. The average molecular weight is 405 g/mol. The summed E-state index contributed by atoms with van der Waals surface area (Å²) in [7, 11) is 0. The Balaban J connectivity index is 1.73. The van der Waals surface area contributed by atoms with Crippen LogP contribution in [-0.2, 0) is 10.3 Å². The Hall–Kier alpha value is -1.92. The summed E-state index contributed by atoms with van der Waals surface area (Å²) < 4.78 is 6.22. The fourth-order valence-electron chi connectivity index (χ4n) is 3.60. The molecule has 1 N–H and O–H groups in total. The number of fused-ring (bicyclic) bond motifs is 1. The molecule has 140 valence electrons. The number of nitrogens with one attached hydrogen (secondary N) is 1. The molecule has 2 aliphatic heterocycles. The van der Waals surface area contributed by atoms with E-state index < -0.39 is 5.60 Å². The lowest BCUT2D eigenvalue weighted by Crippen LogP contribution is -2.50. The Labute approximate surface area is 167 Å². The molecule has 1 atom stereocenters. The molecule has 4 rings (SSSR count). The lowest BCUT2D eigenvalue weighted by molar-refractivity contribution is -0.0517. The van der Waals surface area contributed by atoms with Crippen molar-refractivity contribution in [1.82, 2.24) is 10.2 Å². The van der Waals surface area contributed by atoms with Gasteiger partial charge in [-0.3, -0.25) is 14.5 Å². The average Bonchev–Trinajstić information content (AvgIpc) is 2.85. The molecule has 2 aromatic rings. The van der Waals surface area contributed by atoms with Crippen molar-refractivity contribution in [3.8, 4) is 0 Å². The molecule has 2 aliphatic rings. The zero-order chi connectivity index (χ0) is 19.0. The number of hydrogen-bond donors (Lipinski definition) is 1. The van der Waals surface area contributed by atoms with E-state index in [1.165, 1.54) is 4.90 Å². The highest BCUT2D eigenvalue weighted by Gasteiger charge is 2.44. The third-order valence-corrected chi connectivity index (χ3v) is 5.76. The zero-order valence-electron chi connectivity index (χ0n) is 14.5. The smallest absolute Gasteiger partial charge is 0.261 e. The van der Waals surface area contributed by atoms with Crippen molar-refractivity contribution in [2.24, 2.45) is 0 Å². The number of carbonyl (C=O) groups excluding carboxylic acids is 2. The number of hydrogen-bond acceptors (Lipinski definition) is 4. The second-order valence-electron chi connectivity index (χ2n) is 6.74. The van der Waals surface area contributed by atoms with E-state index in [1.54, 1.807) is 36.4 Å². The van der Waals surface area contributed by atoms with Gasteiger partial charge in [-0.25, -0.2) is 0 Å². The molecule has 7 heteroatoms. The number of benzene rings is 2. The minimum atomic E-state index is -0.891. The van der Waals surface area contributed by atoms with Crippen molar-refractivity contribution in [3.63, 3.8) is 0 Å². The Morgan fingerprint density at radius 3 is 2.41 bits per heavy atom. The summed E-state index contributed by atoms with van der Waals surface area (Å²) in [6, 6.07) is 12.1. The van der Waals surface area contributed by atoms with Gasteiger partial charge in [0.2, 0.25) is 0 Å². The molecule has 27 heavy (non-hydrogen) atoms. The van der Waals surface area contributed by atoms with E-state index in [4.69, 9.17) is 27.9 Å². The maximum atomic E-state index is 12.8. The number of nitrogens with zero attached hydrogens (tertiary/aromatic N) is 1. The first-order valence-corrected chi connectivity index (χ1v) is 9.53. The van der Waals surface area contributed by atoms with Crippen LogP contribution < -0.4 is 5.32 Å². The van der Waals surface area contributed by atoms with E-state index in [2.05, 4.69) is 5.32 Å². The van der Waals surface area contributed by atoms with Crippen molar-refractivity contribution in [2.45, 2.75) is 12.0 Å². The van der Waals surface area contributed by atoms with Crippen molar-refractivity contribution in [2.75, 3.05) is 26.2 Å². The van der Waals surface area contributed by atoms with E-state index in [0.717, 1.165) is 18.5 Å². The second-order valence-corrected chi connectivity index (χ2v) is 7.56. The molecule has 0 saturated carbocycles. The summed E-state index contributed by atoms with van der Waals surface area (Å²) in [6.07, 6.45) is 0.838. The van der Waals surface area contributed by atoms with Gasteiger partial charge in [-0.15, -0.1) is 0 Å². The molecule has 2 amide bonds. The molecule has 5 nitrogen and oxygen atoms in total. The van der Waals surface area contributed by atoms with Crippen molar-refractivity contribution >= 4 is 35.0 Å². The summed E-state index contributed by atoms with van der Waals surface area (Å²) in [5, 5.41) is 4.19. The monoisotopic (exact) mass is 404 g/mol. The first-order valence-electron chi connectivity index (χ1n) is 8.77. The first-order chi connectivity index (χ1) is 13.0. The van der Waals surface area contributed by atoms with Crippen LogP contribution in [0, 0.1) is 0 Å². The summed E-state index contributed by atoms with van der Waals surface area (Å²) in [6.45, 7) is 1.87. The van der Waals surface area contributed by atoms with Crippen LogP contribution in [0.3, 0.4) is 0 Å². The lowest BCUT2D eigenvalue weighted by Gasteiger charge is -2.36. The highest BCUT2D eigenvalue weighted by atomic mass is 35.5. The third kappa shape index (κ3) is 3.25. The Bertz CT molecular complexity index is 873. The van der Waals surface area contributed by atoms with Gasteiger partial charge >= 0.3 is 0 Å². The number of ether oxygens (including phenoxy) is 1. The van der Waals surface area contributed by atoms with Crippen LogP contribution in [0.15, 0.2) is 42.5 Å². The van der Waals surface area contributed by atoms with Crippen LogP contribution in [0.4, 0.5) is 0 Å². The highest BCUT2D eigenvalue weighted by Crippen LogP contribution is 2.35. The van der Waals surface area contributed by atoms with Crippen LogP contribution >= 0.6 is 23.2 Å². The molecule has 0 radical (unpaired) electrons. The number of amides is 2. The highest BCUT2D eigenvalue weighted by molar-refractivity contribution is 6.42. The van der Waals surface area contributed by atoms with Gasteiger partial charge in [0.1, 0.15) is 5.60 Å². The van der Waals surface area contributed by atoms with Gasteiger partial charge in [0.15, 0.2) is 0 Å². The predicted octanol–water partition coefficient (Wildman–Crippen LogP) is 3.49. The zero-order valence-corrected chi connectivity index (χ0v) is 16.0. The summed E-state index contributed by atoms with van der Waals surface area (Å²) in [5.41, 5.74) is 0.738. The fourth-order valence-corrected chi connectivity index (χ4v) is 3.90. The normalized spacial score (nSPS) is 22.7. The Kier molecular flexibility index (Phi) is 4.95. The third-order valence-electron chi connectivity index (χ3n) is 5.02. The van der Waals surface area contributed by atoms with Crippen molar-refractivity contribution < 1.29 is 14.3 Å². The standard InChI is InChI=1S/C20H18Cl2N2O3/c21-16-7-6-13(10-17(16)22)20(11-23-8-3-9-27-20)12-24-18(25)14-4-1-2-5-15(14)19(24)26/h1-2,4-7,10,23H,3,8-9,11-12H2. The molecule has 2 heterocycles. The maximum Gasteiger partial charge on any atom is 0.261 e. The molecule has 0 spiro atoms. The molecular formula is C20H18Cl2N2O3. The van der Waals surface area contributed by atoms with Crippen molar-refractivity contribution in [3.05, 3.63) is 69.2 Å². The van der Waals surface area contributed by atoms with Gasteiger partial charge in [0, 0.05) is 13.2 Å². The number of rotatable bonds is 3. The van der Waals surface area contributed by atoms with Gasteiger partial charge in [-0.05, 0) is 42.8 Å². The number of imide groups is 1. The van der Waals surface area contributed by atoms with Crippen LogP contribution in [0.1, 0.15) is 32.7 Å². The van der Waals surface area contributed by atoms with E-state index in [9.17, 15) is 9.59 Å². The molecule has 1 fully saturated rings. The predicted molar refractivity (Wildman–Crippen MR) is 103 cm³/mol. The van der Waals surface area contributed by atoms with Gasteiger partial charge in [-0.1, -0.05) is 41.4 Å².